The summed E-state index contributed by atoms with van der Waals surface area (Å²) in [7, 11) is 0. The Morgan fingerprint density at radius 3 is 2.07 bits per heavy atom. The standard InChI is InChI=1S/C22H21N3O2S/c1-22(2,3)20-25-24-17(26-20)14-28-21-23-18(15-10-6-4-7-11-15)19(27-21)16-12-8-5-9-13-16/h4-13H,14H2,1-3H3. The Hall–Kier alpha value is -2.86. The molecule has 4 rings (SSSR count). The molecule has 0 amide bonds. The van der Waals surface area contributed by atoms with Gasteiger partial charge in [0, 0.05) is 16.5 Å². The lowest BCUT2D eigenvalue weighted by atomic mass is 9.97. The van der Waals surface area contributed by atoms with Gasteiger partial charge in [0.1, 0.15) is 5.69 Å². The van der Waals surface area contributed by atoms with Crippen LogP contribution in [0.15, 0.2) is 74.7 Å². The van der Waals surface area contributed by atoms with Crippen molar-refractivity contribution in [3.63, 3.8) is 0 Å². The lowest BCUT2D eigenvalue weighted by Gasteiger charge is -2.10. The molecule has 6 heteroatoms. The number of thioether (sulfide) groups is 1. The molecular formula is C22H21N3O2S. The van der Waals surface area contributed by atoms with Crippen molar-refractivity contribution >= 4 is 11.8 Å². The fraction of sp³-hybridized carbons (Fsp3) is 0.227. The number of hydrogen-bond donors (Lipinski definition) is 0. The minimum atomic E-state index is -0.167. The predicted molar refractivity (Wildman–Crippen MR) is 110 cm³/mol. The second-order valence-corrected chi connectivity index (χ2v) is 8.36. The molecular weight excluding hydrogens is 370 g/mol. The van der Waals surface area contributed by atoms with Crippen LogP contribution in [-0.4, -0.2) is 15.2 Å². The second-order valence-electron chi connectivity index (χ2n) is 7.43. The zero-order valence-electron chi connectivity index (χ0n) is 16.0. The molecule has 0 unspecified atom stereocenters. The first-order valence-electron chi connectivity index (χ1n) is 9.08. The smallest absolute Gasteiger partial charge is 0.257 e. The quantitative estimate of drug-likeness (QED) is 0.390. The van der Waals surface area contributed by atoms with Gasteiger partial charge >= 0.3 is 0 Å². The van der Waals surface area contributed by atoms with E-state index in [1.807, 2.05) is 81.4 Å². The maximum absolute atomic E-state index is 6.11. The highest BCUT2D eigenvalue weighted by molar-refractivity contribution is 7.98. The highest BCUT2D eigenvalue weighted by Gasteiger charge is 2.22. The summed E-state index contributed by atoms with van der Waals surface area (Å²) in [6.45, 7) is 6.14. The monoisotopic (exact) mass is 391 g/mol. The molecule has 0 aliphatic carbocycles. The van der Waals surface area contributed by atoms with Gasteiger partial charge in [0.25, 0.3) is 5.22 Å². The number of hydrogen-bond acceptors (Lipinski definition) is 6. The van der Waals surface area contributed by atoms with Crippen LogP contribution in [0.25, 0.3) is 22.6 Å². The minimum absolute atomic E-state index is 0.167. The highest BCUT2D eigenvalue weighted by Crippen LogP contribution is 2.36. The maximum Gasteiger partial charge on any atom is 0.257 e. The van der Waals surface area contributed by atoms with Gasteiger partial charge in [-0.1, -0.05) is 93.2 Å². The molecule has 5 nitrogen and oxygen atoms in total. The van der Waals surface area contributed by atoms with Crippen LogP contribution in [0.5, 0.6) is 0 Å². The van der Waals surface area contributed by atoms with Crippen LogP contribution < -0.4 is 0 Å². The second kappa shape index (κ2) is 7.64. The van der Waals surface area contributed by atoms with E-state index in [9.17, 15) is 0 Å². The van der Waals surface area contributed by atoms with E-state index in [0.29, 0.717) is 22.8 Å². The molecule has 2 aromatic heterocycles. The van der Waals surface area contributed by atoms with Crippen molar-refractivity contribution in [1.29, 1.82) is 0 Å². The maximum atomic E-state index is 6.11. The number of rotatable bonds is 5. The van der Waals surface area contributed by atoms with E-state index in [-0.39, 0.29) is 5.41 Å². The van der Waals surface area contributed by atoms with Crippen LogP contribution in [0, 0.1) is 0 Å². The van der Waals surface area contributed by atoms with Crippen LogP contribution in [0.4, 0.5) is 0 Å². The van der Waals surface area contributed by atoms with E-state index in [1.54, 1.807) is 0 Å². The Labute approximate surface area is 168 Å². The first-order valence-corrected chi connectivity index (χ1v) is 10.1. The van der Waals surface area contributed by atoms with Gasteiger partial charge in [-0.3, -0.25) is 0 Å². The fourth-order valence-electron chi connectivity index (χ4n) is 2.68. The molecule has 0 bridgehead atoms. The van der Waals surface area contributed by atoms with Crippen LogP contribution in [0.3, 0.4) is 0 Å². The van der Waals surface area contributed by atoms with Gasteiger partial charge < -0.3 is 8.83 Å². The molecule has 4 aromatic rings. The van der Waals surface area contributed by atoms with E-state index < -0.39 is 0 Å². The first-order chi connectivity index (χ1) is 13.5. The zero-order chi connectivity index (χ0) is 19.6. The highest BCUT2D eigenvalue weighted by atomic mass is 32.2. The average molecular weight is 391 g/mol. The Morgan fingerprint density at radius 1 is 0.821 bits per heavy atom. The van der Waals surface area contributed by atoms with E-state index in [1.165, 1.54) is 11.8 Å². The Kier molecular flexibility index (Phi) is 5.05. The molecule has 0 aliphatic rings. The number of oxazole rings is 1. The van der Waals surface area contributed by atoms with Crippen molar-refractivity contribution in [3.8, 4) is 22.6 Å². The third kappa shape index (κ3) is 4.02. The third-order valence-corrected chi connectivity index (χ3v) is 4.93. The van der Waals surface area contributed by atoms with Crippen molar-refractivity contribution in [3.05, 3.63) is 72.4 Å². The van der Waals surface area contributed by atoms with Gasteiger partial charge in [-0.05, 0) is 0 Å². The van der Waals surface area contributed by atoms with E-state index in [2.05, 4.69) is 10.2 Å². The largest absolute Gasteiger partial charge is 0.431 e. The van der Waals surface area contributed by atoms with Gasteiger partial charge in [0.05, 0.1) is 5.75 Å². The molecule has 0 aliphatic heterocycles. The van der Waals surface area contributed by atoms with Crippen LogP contribution >= 0.6 is 11.8 Å². The summed E-state index contributed by atoms with van der Waals surface area (Å²) >= 11 is 1.45. The Balaban J connectivity index is 1.61. The summed E-state index contributed by atoms with van der Waals surface area (Å²) in [5.74, 6) is 2.46. The zero-order valence-corrected chi connectivity index (χ0v) is 16.9. The van der Waals surface area contributed by atoms with E-state index >= 15 is 0 Å². The number of benzene rings is 2. The molecule has 0 spiro atoms. The first kappa shape index (κ1) is 18.5. The van der Waals surface area contributed by atoms with Crippen LogP contribution in [-0.2, 0) is 11.2 Å². The molecule has 2 heterocycles. The van der Waals surface area contributed by atoms with E-state index in [4.69, 9.17) is 13.8 Å². The summed E-state index contributed by atoms with van der Waals surface area (Å²) in [6, 6.07) is 20.1. The molecule has 0 radical (unpaired) electrons. The van der Waals surface area contributed by atoms with Crippen molar-refractivity contribution in [2.75, 3.05) is 0 Å². The van der Waals surface area contributed by atoms with Gasteiger partial charge in [0.15, 0.2) is 5.76 Å². The Bertz CT molecular complexity index is 993. The molecule has 2 aromatic carbocycles. The molecule has 0 saturated heterocycles. The van der Waals surface area contributed by atoms with Crippen molar-refractivity contribution < 1.29 is 8.83 Å². The van der Waals surface area contributed by atoms with Crippen molar-refractivity contribution in [1.82, 2.24) is 15.2 Å². The SMILES string of the molecule is CC(C)(C)c1nnc(CSc2nc(-c3ccccc3)c(-c3ccccc3)o2)o1. The molecule has 0 saturated carbocycles. The fourth-order valence-corrected chi connectivity index (χ4v) is 3.34. The van der Waals surface area contributed by atoms with Crippen molar-refractivity contribution in [2.45, 2.75) is 37.2 Å². The van der Waals surface area contributed by atoms with E-state index in [0.717, 1.165) is 22.6 Å². The lowest BCUT2D eigenvalue weighted by Crippen LogP contribution is -2.11. The summed E-state index contributed by atoms with van der Waals surface area (Å²) in [6.07, 6.45) is 0. The summed E-state index contributed by atoms with van der Waals surface area (Å²) in [5.41, 5.74) is 2.67. The normalized spacial score (nSPS) is 11.7. The Morgan fingerprint density at radius 2 is 1.46 bits per heavy atom. The van der Waals surface area contributed by atoms with Crippen LogP contribution in [0.2, 0.25) is 0 Å². The van der Waals surface area contributed by atoms with Gasteiger partial charge in [-0.25, -0.2) is 4.98 Å². The lowest BCUT2D eigenvalue weighted by molar-refractivity contribution is 0.378. The molecule has 142 valence electrons. The van der Waals surface area contributed by atoms with Gasteiger partial charge in [-0.15, -0.1) is 10.2 Å². The van der Waals surface area contributed by atoms with Gasteiger partial charge in [0.2, 0.25) is 11.8 Å². The summed E-state index contributed by atoms with van der Waals surface area (Å²) < 4.78 is 11.9. The average Bonchev–Trinajstić information content (AvgIpc) is 3.35. The molecule has 0 fully saturated rings. The minimum Gasteiger partial charge on any atom is -0.431 e. The predicted octanol–water partition coefficient (Wildman–Crippen LogP) is 5.98. The third-order valence-electron chi connectivity index (χ3n) is 4.12. The van der Waals surface area contributed by atoms with Gasteiger partial charge in [-0.2, -0.15) is 0 Å². The molecule has 28 heavy (non-hydrogen) atoms. The number of aromatic nitrogens is 3. The van der Waals surface area contributed by atoms with Crippen LogP contribution in [0.1, 0.15) is 32.6 Å². The van der Waals surface area contributed by atoms with Crippen molar-refractivity contribution in [2.24, 2.45) is 0 Å². The molecule has 0 atom stereocenters. The number of nitrogens with zero attached hydrogens (tertiary/aromatic N) is 3. The topological polar surface area (TPSA) is 65.0 Å². The molecule has 0 N–H and O–H groups in total. The summed E-state index contributed by atoms with van der Waals surface area (Å²) in [4.78, 5) is 4.73. The summed E-state index contributed by atoms with van der Waals surface area (Å²) in [5, 5.41) is 8.85.